The molecule has 1 aliphatic heterocycles. The van der Waals surface area contributed by atoms with E-state index in [0.717, 1.165) is 18.8 Å². The number of thioether (sulfide) groups is 1. The van der Waals surface area contributed by atoms with Gasteiger partial charge in [0.15, 0.2) is 0 Å². The Kier molecular flexibility index (Phi) is 5.35. The molecule has 1 aromatic rings. The van der Waals surface area contributed by atoms with Crippen LogP contribution >= 0.6 is 23.1 Å². The quantitative estimate of drug-likeness (QED) is 0.861. The second kappa shape index (κ2) is 6.78. The molecule has 1 fully saturated rings. The van der Waals surface area contributed by atoms with Crippen molar-refractivity contribution >= 4 is 23.1 Å². The van der Waals surface area contributed by atoms with Crippen LogP contribution in [0.5, 0.6) is 0 Å². The number of hydrogen-bond donors (Lipinski definition) is 1. The Morgan fingerprint density at radius 1 is 1.65 bits per heavy atom. The molecular formula is C13H21NOS2. The molecule has 0 saturated carbocycles. The van der Waals surface area contributed by atoms with Crippen molar-refractivity contribution in [3.63, 3.8) is 0 Å². The fourth-order valence-corrected chi connectivity index (χ4v) is 4.35. The first-order valence-corrected chi connectivity index (χ1v) is 8.31. The van der Waals surface area contributed by atoms with E-state index < -0.39 is 0 Å². The first-order valence-electron chi connectivity index (χ1n) is 6.32. The van der Waals surface area contributed by atoms with Crippen LogP contribution in [0.25, 0.3) is 0 Å². The van der Waals surface area contributed by atoms with Crippen molar-refractivity contribution in [3.8, 4) is 0 Å². The maximum atomic E-state index is 6.24. The van der Waals surface area contributed by atoms with Gasteiger partial charge in [-0.15, -0.1) is 11.8 Å². The molecule has 3 unspecified atom stereocenters. The summed E-state index contributed by atoms with van der Waals surface area (Å²) in [6.07, 6.45) is 3.91. The van der Waals surface area contributed by atoms with Gasteiger partial charge in [-0.3, -0.25) is 0 Å². The minimum Gasteiger partial charge on any atom is -0.377 e. The van der Waals surface area contributed by atoms with Crippen molar-refractivity contribution < 1.29 is 4.74 Å². The van der Waals surface area contributed by atoms with Gasteiger partial charge in [-0.1, -0.05) is 6.92 Å². The SMILES string of the molecule is CCC(N)C(SCC1CCCO1)c1ccsc1. The van der Waals surface area contributed by atoms with Crippen molar-refractivity contribution in [2.75, 3.05) is 12.4 Å². The van der Waals surface area contributed by atoms with Crippen LogP contribution in [0.2, 0.25) is 0 Å². The molecule has 3 atom stereocenters. The molecule has 0 aliphatic carbocycles. The highest BCUT2D eigenvalue weighted by molar-refractivity contribution is 7.99. The fourth-order valence-electron chi connectivity index (χ4n) is 2.10. The first-order chi connectivity index (χ1) is 8.31. The molecule has 4 heteroatoms. The Morgan fingerprint density at radius 3 is 3.12 bits per heavy atom. The van der Waals surface area contributed by atoms with Crippen molar-refractivity contribution in [1.82, 2.24) is 0 Å². The Morgan fingerprint density at radius 2 is 2.53 bits per heavy atom. The van der Waals surface area contributed by atoms with Gasteiger partial charge in [0.2, 0.25) is 0 Å². The van der Waals surface area contributed by atoms with Gasteiger partial charge in [-0.05, 0) is 41.7 Å². The van der Waals surface area contributed by atoms with Gasteiger partial charge < -0.3 is 10.5 Å². The van der Waals surface area contributed by atoms with Crippen LogP contribution in [0.15, 0.2) is 16.8 Å². The van der Waals surface area contributed by atoms with E-state index in [1.807, 2.05) is 11.8 Å². The predicted molar refractivity (Wildman–Crippen MR) is 76.8 cm³/mol. The lowest BCUT2D eigenvalue weighted by molar-refractivity contribution is 0.128. The maximum absolute atomic E-state index is 6.24. The van der Waals surface area contributed by atoms with Gasteiger partial charge in [-0.2, -0.15) is 11.3 Å². The summed E-state index contributed by atoms with van der Waals surface area (Å²) in [6.45, 7) is 3.10. The van der Waals surface area contributed by atoms with E-state index in [-0.39, 0.29) is 6.04 Å². The molecule has 0 spiro atoms. The summed E-state index contributed by atoms with van der Waals surface area (Å²) >= 11 is 3.72. The lowest BCUT2D eigenvalue weighted by Gasteiger charge is -2.23. The molecule has 0 bridgehead atoms. The van der Waals surface area contributed by atoms with Gasteiger partial charge >= 0.3 is 0 Å². The molecule has 1 aromatic heterocycles. The lowest BCUT2D eigenvalue weighted by atomic mass is 10.1. The fraction of sp³-hybridized carbons (Fsp3) is 0.692. The highest BCUT2D eigenvalue weighted by Crippen LogP contribution is 2.35. The minimum atomic E-state index is 0.246. The molecule has 1 saturated heterocycles. The summed E-state index contributed by atoms with van der Waals surface area (Å²) in [5.74, 6) is 1.08. The molecule has 2 heterocycles. The smallest absolute Gasteiger partial charge is 0.0666 e. The Bertz CT molecular complexity index is 309. The average molecular weight is 271 g/mol. The zero-order chi connectivity index (χ0) is 12.1. The average Bonchev–Trinajstić information content (AvgIpc) is 3.01. The van der Waals surface area contributed by atoms with Crippen molar-refractivity contribution in [2.24, 2.45) is 5.73 Å². The monoisotopic (exact) mass is 271 g/mol. The molecule has 0 aromatic carbocycles. The molecule has 2 N–H and O–H groups in total. The summed E-state index contributed by atoms with van der Waals surface area (Å²) < 4.78 is 5.68. The predicted octanol–water partition coefficient (Wildman–Crippen LogP) is 3.44. The van der Waals surface area contributed by atoms with Crippen molar-refractivity contribution in [1.29, 1.82) is 0 Å². The van der Waals surface area contributed by atoms with E-state index >= 15 is 0 Å². The van der Waals surface area contributed by atoms with Crippen LogP contribution in [-0.4, -0.2) is 24.5 Å². The second-order valence-corrected chi connectivity index (χ2v) is 6.47. The van der Waals surface area contributed by atoms with E-state index in [2.05, 4.69) is 23.8 Å². The highest BCUT2D eigenvalue weighted by atomic mass is 32.2. The number of thiophene rings is 1. The minimum absolute atomic E-state index is 0.246. The summed E-state index contributed by atoms with van der Waals surface area (Å²) in [5, 5.41) is 4.79. The Labute approximate surface area is 112 Å². The largest absolute Gasteiger partial charge is 0.377 e. The number of nitrogens with two attached hydrogens (primary N) is 1. The first kappa shape index (κ1) is 13.4. The molecule has 2 rings (SSSR count). The third kappa shape index (κ3) is 3.71. The molecule has 96 valence electrons. The maximum Gasteiger partial charge on any atom is 0.0666 e. The van der Waals surface area contributed by atoms with E-state index in [9.17, 15) is 0 Å². The van der Waals surface area contributed by atoms with E-state index in [1.165, 1.54) is 18.4 Å². The zero-order valence-corrected chi connectivity index (χ0v) is 11.9. The summed E-state index contributed by atoms with van der Waals surface area (Å²) in [6, 6.07) is 2.45. The molecule has 0 amide bonds. The zero-order valence-electron chi connectivity index (χ0n) is 10.3. The highest BCUT2D eigenvalue weighted by Gasteiger charge is 2.23. The Balaban J connectivity index is 1.91. The summed E-state index contributed by atoms with van der Waals surface area (Å²) in [5.41, 5.74) is 7.62. The molecule has 2 nitrogen and oxygen atoms in total. The van der Waals surface area contributed by atoms with Crippen LogP contribution in [0, 0.1) is 0 Å². The van der Waals surface area contributed by atoms with Gasteiger partial charge in [0.25, 0.3) is 0 Å². The standard InChI is InChI=1S/C13H21NOS2/c1-2-12(14)13(10-5-7-16-8-10)17-9-11-4-3-6-15-11/h5,7-8,11-13H,2-4,6,9,14H2,1H3. The third-order valence-electron chi connectivity index (χ3n) is 3.22. The van der Waals surface area contributed by atoms with E-state index in [4.69, 9.17) is 10.5 Å². The van der Waals surface area contributed by atoms with Crippen LogP contribution in [0.3, 0.4) is 0 Å². The Hall–Kier alpha value is -0.0300. The molecular weight excluding hydrogens is 250 g/mol. The normalized spacial score (nSPS) is 23.8. The summed E-state index contributed by atoms with van der Waals surface area (Å²) in [4.78, 5) is 0. The van der Waals surface area contributed by atoms with Crippen molar-refractivity contribution in [3.05, 3.63) is 22.4 Å². The number of hydrogen-bond acceptors (Lipinski definition) is 4. The van der Waals surface area contributed by atoms with E-state index in [1.54, 1.807) is 11.3 Å². The number of rotatable bonds is 6. The molecule has 1 aliphatic rings. The van der Waals surface area contributed by atoms with E-state index in [0.29, 0.717) is 11.4 Å². The van der Waals surface area contributed by atoms with Crippen LogP contribution in [0.1, 0.15) is 37.0 Å². The van der Waals surface area contributed by atoms with Gasteiger partial charge in [0, 0.05) is 23.7 Å². The topological polar surface area (TPSA) is 35.2 Å². The van der Waals surface area contributed by atoms with Crippen LogP contribution in [0.4, 0.5) is 0 Å². The molecule has 17 heavy (non-hydrogen) atoms. The lowest BCUT2D eigenvalue weighted by Crippen LogP contribution is -2.26. The summed E-state index contributed by atoms with van der Waals surface area (Å²) in [7, 11) is 0. The van der Waals surface area contributed by atoms with Crippen LogP contribution < -0.4 is 5.73 Å². The second-order valence-electron chi connectivity index (χ2n) is 4.52. The van der Waals surface area contributed by atoms with Crippen LogP contribution in [-0.2, 0) is 4.74 Å². The molecule has 0 radical (unpaired) electrons. The van der Waals surface area contributed by atoms with Gasteiger partial charge in [-0.25, -0.2) is 0 Å². The van der Waals surface area contributed by atoms with Gasteiger partial charge in [0.05, 0.1) is 6.10 Å². The van der Waals surface area contributed by atoms with Crippen molar-refractivity contribution in [2.45, 2.75) is 43.6 Å². The number of ether oxygens (including phenoxy) is 1. The third-order valence-corrected chi connectivity index (χ3v) is 5.46. The van der Waals surface area contributed by atoms with Gasteiger partial charge in [0.1, 0.15) is 0 Å².